The summed E-state index contributed by atoms with van der Waals surface area (Å²) in [4.78, 5) is 13.7. The molecule has 2 N–H and O–H groups in total. The summed E-state index contributed by atoms with van der Waals surface area (Å²) in [5.74, 6) is 0. The molecule has 0 bridgehead atoms. The summed E-state index contributed by atoms with van der Waals surface area (Å²) in [7, 11) is 0. The average molecular weight is 251 g/mol. The average Bonchev–Trinajstić information content (AvgIpc) is 2.03. The monoisotopic (exact) mass is 250 g/mol. The minimum absolute atomic E-state index is 0.0753. The van der Waals surface area contributed by atoms with Crippen molar-refractivity contribution in [3.8, 4) is 0 Å². The van der Waals surface area contributed by atoms with Gasteiger partial charge in [0.1, 0.15) is 11.4 Å². The third-order valence-electron chi connectivity index (χ3n) is 1.38. The summed E-state index contributed by atoms with van der Waals surface area (Å²) >= 11 is 2.87. The van der Waals surface area contributed by atoms with Crippen molar-refractivity contribution in [2.45, 2.75) is 6.43 Å². The number of nitrogens with two attached hydrogens (primary N) is 1. The molecule has 0 atom stereocenters. The van der Waals surface area contributed by atoms with E-state index in [0.717, 1.165) is 0 Å². The first kappa shape index (κ1) is 10.0. The van der Waals surface area contributed by atoms with Gasteiger partial charge in [-0.25, -0.2) is 13.8 Å². The minimum Gasteiger partial charge on any atom is -0.397 e. The number of carbonyl (C=O) groups is 1. The molecule has 0 aromatic carbocycles. The molecule has 1 rings (SSSR count). The Morgan fingerprint density at radius 2 is 2.23 bits per heavy atom. The fraction of sp³-hybridized carbons (Fsp3) is 0.143. The number of aromatic nitrogens is 1. The SMILES string of the molecule is Nc1cc(Br)c(C(F)F)nc1C=O. The fourth-order valence-corrected chi connectivity index (χ4v) is 1.29. The van der Waals surface area contributed by atoms with Crippen LogP contribution in [-0.4, -0.2) is 11.3 Å². The Morgan fingerprint density at radius 3 is 2.69 bits per heavy atom. The van der Waals surface area contributed by atoms with Gasteiger partial charge in [-0.2, -0.15) is 0 Å². The van der Waals surface area contributed by atoms with E-state index in [-0.39, 0.29) is 15.9 Å². The summed E-state index contributed by atoms with van der Waals surface area (Å²) in [5.41, 5.74) is 4.76. The first-order valence-corrected chi connectivity index (χ1v) is 4.04. The molecule has 0 radical (unpaired) electrons. The highest BCUT2D eigenvalue weighted by Gasteiger charge is 2.15. The summed E-state index contributed by atoms with van der Waals surface area (Å²) in [6.07, 6.45) is -2.39. The van der Waals surface area contributed by atoms with Crippen LogP contribution in [0.5, 0.6) is 0 Å². The van der Waals surface area contributed by atoms with Crippen molar-refractivity contribution in [1.82, 2.24) is 4.98 Å². The third-order valence-corrected chi connectivity index (χ3v) is 2.02. The Balaban J connectivity index is 3.30. The van der Waals surface area contributed by atoms with E-state index in [1.54, 1.807) is 0 Å². The van der Waals surface area contributed by atoms with Gasteiger partial charge in [0.15, 0.2) is 6.29 Å². The number of rotatable bonds is 2. The maximum Gasteiger partial charge on any atom is 0.281 e. The molecule has 6 heteroatoms. The van der Waals surface area contributed by atoms with Crippen molar-refractivity contribution >= 4 is 27.9 Å². The molecule has 0 unspecified atom stereocenters. The number of hydrogen-bond donors (Lipinski definition) is 1. The molecule has 1 aromatic heterocycles. The number of anilines is 1. The molecule has 0 amide bonds. The first-order valence-electron chi connectivity index (χ1n) is 3.25. The highest BCUT2D eigenvalue weighted by Crippen LogP contribution is 2.27. The number of halogens is 3. The maximum absolute atomic E-state index is 12.2. The van der Waals surface area contributed by atoms with Crippen LogP contribution in [0.1, 0.15) is 22.6 Å². The van der Waals surface area contributed by atoms with E-state index < -0.39 is 12.1 Å². The van der Waals surface area contributed by atoms with Gasteiger partial charge in [-0.05, 0) is 22.0 Å². The van der Waals surface area contributed by atoms with Crippen molar-refractivity contribution in [1.29, 1.82) is 0 Å². The normalized spacial score (nSPS) is 10.5. The van der Waals surface area contributed by atoms with Crippen LogP contribution >= 0.6 is 15.9 Å². The molecule has 0 saturated heterocycles. The van der Waals surface area contributed by atoms with Gasteiger partial charge in [0.25, 0.3) is 6.43 Å². The molecule has 0 aliphatic rings. The second kappa shape index (κ2) is 3.78. The zero-order valence-corrected chi connectivity index (χ0v) is 7.88. The predicted octanol–water partition coefficient (Wildman–Crippen LogP) is 2.18. The summed E-state index contributed by atoms with van der Waals surface area (Å²) in [6, 6.07) is 1.23. The van der Waals surface area contributed by atoms with Crippen molar-refractivity contribution in [3.05, 3.63) is 21.9 Å². The molecule has 1 aromatic rings. The lowest BCUT2D eigenvalue weighted by atomic mass is 10.3. The zero-order chi connectivity index (χ0) is 10.0. The minimum atomic E-state index is -2.73. The molecular formula is C7H5BrF2N2O. The summed E-state index contributed by atoms with van der Waals surface area (Å²) in [5, 5.41) is 0. The van der Waals surface area contributed by atoms with E-state index in [0.29, 0.717) is 6.29 Å². The van der Waals surface area contributed by atoms with Gasteiger partial charge in [-0.1, -0.05) is 0 Å². The van der Waals surface area contributed by atoms with Gasteiger partial charge in [-0.3, -0.25) is 4.79 Å². The largest absolute Gasteiger partial charge is 0.397 e. The highest BCUT2D eigenvalue weighted by atomic mass is 79.9. The maximum atomic E-state index is 12.2. The van der Waals surface area contributed by atoms with Gasteiger partial charge < -0.3 is 5.73 Å². The van der Waals surface area contributed by atoms with Gasteiger partial charge in [0.2, 0.25) is 0 Å². The van der Waals surface area contributed by atoms with Crippen LogP contribution in [0.4, 0.5) is 14.5 Å². The van der Waals surface area contributed by atoms with Gasteiger partial charge in [-0.15, -0.1) is 0 Å². The quantitative estimate of drug-likeness (QED) is 0.819. The lowest BCUT2D eigenvalue weighted by Crippen LogP contribution is -2.01. The molecule has 0 aliphatic carbocycles. The Kier molecular flexibility index (Phi) is 2.92. The lowest BCUT2D eigenvalue weighted by Gasteiger charge is -2.04. The van der Waals surface area contributed by atoms with Gasteiger partial charge in [0.05, 0.1) is 5.69 Å². The number of aldehydes is 1. The van der Waals surface area contributed by atoms with Crippen molar-refractivity contribution in [2.75, 3.05) is 5.73 Å². The molecule has 0 aliphatic heterocycles. The van der Waals surface area contributed by atoms with Gasteiger partial charge in [0, 0.05) is 4.47 Å². The molecule has 0 spiro atoms. The molecule has 0 saturated carbocycles. The zero-order valence-electron chi connectivity index (χ0n) is 6.30. The van der Waals surface area contributed by atoms with E-state index in [1.165, 1.54) is 6.07 Å². The summed E-state index contributed by atoms with van der Waals surface area (Å²) < 4.78 is 24.6. The number of nitrogen functional groups attached to an aromatic ring is 1. The summed E-state index contributed by atoms with van der Waals surface area (Å²) in [6.45, 7) is 0. The second-order valence-electron chi connectivity index (χ2n) is 2.25. The van der Waals surface area contributed by atoms with E-state index >= 15 is 0 Å². The second-order valence-corrected chi connectivity index (χ2v) is 3.10. The number of hydrogen-bond acceptors (Lipinski definition) is 3. The highest BCUT2D eigenvalue weighted by molar-refractivity contribution is 9.10. The Hall–Kier alpha value is -1.04. The molecule has 13 heavy (non-hydrogen) atoms. The molecule has 70 valence electrons. The standard InChI is InChI=1S/C7H5BrF2N2O/c8-3-1-4(11)5(2-13)12-6(3)7(9)10/h1-2,7H,11H2. The number of alkyl halides is 2. The van der Waals surface area contributed by atoms with E-state index in [1.807, 2.05) is 0 Å². The van der Waals surface area contributed by atoms with Crippen molar-refractivity contribution in [3.63, 3.8) is 0 Å². The van der Waals surface area contributed by atoms with E-state index in [4.69, 9.17) is 5.73 Å². The van der Waals surface area contributed by atoms with E-state index in [2.05, 4.69) is 20.9 Å². The van der Waals surface area contributed by atoms with Crippen LogP contribution in [0.3, 0.4) is 0 Å². The molecular weight excluding hydrogens is 246 g/mol. The fourth-order valence-electron chi connectivity index (χ4n) is 0.780. The Morgan fingerprint density at radius 1 is 1.62 bits per heavy atom. The van der Waals surface area contributed by atoms with Gasteiger partial charge >= 0.3 is 0 Å². The van der Waals surface area contributed by atoms with Crippen LogP contribution in [-0.2, 0) is 0 Å². The third kappa shape index (κ3) is 2.00. The first-order chi connectivity index (χ1) is 6.06. The van der Waals surface area contributed by atoms with Crippen molar-refractivity contribution < 1.29 is 13.6 Å². The van der Waals surface area contributed by atoms with Crippen LogP contribution in [0.25, 0.3) is 0 Å². The molecule has 0 fully saturated rings. The number of nitrogens with zero attached hydrogens (tertiary/aromatic N) is 1. The van der Waals surface area contributed by atoms with Crippen LogP contribution in [0.15, 0.2) is 10.5 Å². The smallest absolute Gasteiger partial charge is 0.281 e. The van der Waals surface area contributed by atoms with Crippen LogP contribution in [0.2, 0.25) is 0 Å². The predicted molar refractivity (Wildman–Crippen MR) is 46.7 cm³/mol. The number of carbonyl (C=O) groups excluding carboxylic acids is 1. The lowest BCUT2D eigenvalue weighted by molar-refractivity contribution is 0.111. The molecule has 3 nitrogen and oxygen atoms in total. The molecule has 1 heterocycles. The van der Waals surface area contributed by atoms with Crippen molar-refractivity contribution in [2.24, 2.45) is 0 Å². The topological polar surface area (TPSA) is 56.0 Å². The Labute approximate surface area is 81.1 Å². The van der Waals surface area contributed by atoms with E-state index in [9.17, 15) is 13.6 Å². The Bertz CT molecular complexity index is 344. The van der Waals surface area contributed by atoms with Crippen LogP contribution in [0, 0.1) is 0 Å². The van der Waals surface area contributed by atoms with Crippen LogP contribution < -0.4 is 5.73 Å². The number of pyridine rings is 1.